The first kappa shape index (κ1) is 9.88. The van der Waals surface area contributed by atoms with Gasteiger partial charge in [-0.25, -0.2) is 0 Å². The van der Waals surface area contributed by atoms with Crippen molar-refractivity contribution in [1.82, 2.24) is 0 Å². The monoisotopic (exact) mass is 146 g/mol. The Morgan fingerprint density at radius 1 is 1.30 bits per heavy atom. The fraction of sp³-hybridized carbons (Fsp3) is 1.00. The minimum atomic E-state index is -1.09. The Balaban J connectivity index is 3.89. The molecule has 3 heteroatoms. The second-order valence-electron chi connectivity index (χ2n) is 3.90. The predicted molar refractivity (Wildman–Crippen MR) is 42.3 cm³/mol. The van der Waals surface area contributed by atoms with Crippen molar-refractivity contribution in [1.29, 1.82) is 0 Å². The van der Waals surface area contributed by atoms with Gasteiger partial charge in [-0.3, -0.25) is 0 Å². The van der Waals surface area contributed by atoms with Crippen LogP contribution in [-0.4, -0.2) is 17.4 Å². The van der Waals surface area contributed by atoms with E-state index in [4.69, 9.17) is 11.5 Å². The van der Waals surface area contributed by atoms with E-state index in [1.54, 1.807) is 6.92 Å². The molecule has 1 atom stereocenters. The summed E-state index contributed by atoms with van der Waals surface area (Å²) < 4.78 is 0. The SMILES string of the molecule is CC(N)(O)CC(C)(C)CN. The molecule has 1 unspecified atom stereocenters. The largest absolute Gasteiger partial charge is 0.376 e. The lowest BCUT2D eigenvalue weighted by molar-refractivity contribution is 0.0227. The van der Waals surface area contributed by atoms with Crippen molar-refractivity contribution in [3.63, 3.8) is 0 Å². The van der Waals surface area contributed by atoms with Gasteiger partial charge in [0.15, 0.2) is 0 Å². The Bertz CT molecular complexity index is 105. The van der Waals surface area contributed by atoms with Crippen molar-refractivity contribution in [3.05, 3.63) is 0 Å². The van der Waals surface area contributed by atoms with E-state index in [1.807, 2.05) is 13.8 Å². The van der Waals surface area contributed by atoms with Crippen LogP contribution in [0.2, 0.25) is 0 Å². The van der Waals surface area contributed by atoms with Gasteiger partial charge >= 0.3 is 0 Å². The van der Waals surface area contributed by atoms with Crippen LogP contribution in [0.25, 0.3) is 0 Å². The number of nitrogens with two attached hydrogens (primary N) is 2. The molecule has 0 bridgehead atoms. The summed E-state index contributed by atoms with van der Waals surface area (Å²) in [6.07, 6.45) is 0.524. The normalized spacial score (nSPS) is 18.6. The minimum absolute atomic E-state index is 0.0712. The highest BCUT2D eigenvalue weighted by atomic mass is 16.3. The van der Waals surface area contributed by atoms with Gasteiger partial charge in [0.25, 0.3) is 0 Å². The first-order valence-electron chi connectivity index (χ1n) is 3.48. The van der Waals surface area contributed by atoms with Crippen LogP contribution in [0.3, 0.4) is 0 Å². The topological polar surface area (TPSA) is 72.3 Å². The molecule has 5 N–H and O–H groups in total. The molecule has 0 aromatic heterocycles. The maximum absolute atomic E-state index is 9.21. The summed E-state index contributed by atoms with van der Waals surface area (Å²) >= 11 is 0. The van der Waals surface area contributed by atoms with Gasteiger partial charge in [-0.1, -0.05) is 13.8 Å². The minimum Gasteiger partial charge on any atom is -0.376 e. The molecule has 3 nitrogen and oxygen atoms in total. The molecule has 0 aromatic rings. The number of hydrogen-bond acceptors (Lipinski definition) is 3. The van der Waals surface area contributed by atoms with E-state index >= 15 is 0 Å². The Labute approximate surface area is 62.4 Å². The highest BCUT2D eigenvalue weighted by Crippen LogP contribution is 2.23. The molecule has 0 rings (SSSR count). The van der Waals surface area contributed by atoms with Crippen LogP contribution in [-0.2, 0) is 0 Å². The van der Waals surface area contributed by atoms with Crippen LogP contribution in [0, 0.1) is 5.41 Å². The summed E-state index contributed by atoms with van der Waals surface area (Å²) in [6.45, 7) is 6.09. The molecular weight excluding hydrogens is 128 g/mol. The van der Waals surface area contributed by atoms with Crippen molar-refractivity contribution in [2.75, 3.05) is 6.54 Å². The van der Waals surface area contributed by atoms with Crippen LogP contribution in [0.1, 0.15) is 27.2 Å². The second-order valence-corrected chi connectivity index (χ2v) is 3.90. The summed E-state index contributed by atoms with van der Waals surface area (Å²) in [5.41, 5.74) is 9.68. The third-order valence-electron chi connectivity index (χ3n) is 1.39. The Morgan fingerprint density at radius 3 is 1.80 bits per heavy atom. The second kappa shape index (κ2) is 2.86. The molecule has 0 radical (unpaired) electrons. The molecule has 0 aliphatic rings. The standard InChI is InChI=1S/C7H18N2O/c1-6(2,5-8)4-7(3,9)10/h10H,4-5,8-9H2,1-3H3. The number of aliphatic hydroxyl groups is 1. The van der Waals surface area contributed by atoms with Crippen molar-refractivity contribution >= 4 is 0 Å². The lowest BCUT2D eigenvalue weighted by Crippen LogP contribution is -2.42. The van der Waals surface area contributed by atoms with Gasteiger partial charge in [-0.05, 0) is 25.3 Å². The summed E-state index contributed by atoms with van der Waals surface area (Å²) in [7, 11) is 0. The van der Waals surface area contributed by atoms with Crippen LogP contribution in [0.15, 0.2) is 0 Å². The highest BCUT2D eigenvalue weighted by Gasteiger charge is 2.25. The summed E-state index contributed by atoms with van der Waals surface area (Å²) in [5, 5.41) is 9.21. The lowest BCUT2D eigenvalue weighted by Gasteiger charge is -2.29. The predicted octanol–water partition coefficient (Wildman–Crippen LogP) is 0.0286. The molecular formula is C7H18N2O. The number of hydrogen-bond donors (Lipinski definition) is 3. The molecule has 62 valence electrons. The van der Waals surface area contributed by atoms with E-state index in [1.165, 1.54) is 0 Å². The molecule has 0 spiro atoms. The summed E-state index contributed by atoms with van der Waals surface area (Å²) in [4.78, 5) is 0. The zero-order valence-electron chi connectivity index (χ0n) is 7.02. The maximum Gasteiger partial charge on any atom is 0.111 e. The quantitative estimate of drug-likeness (QED) is 0.492. The molecule has 0 saturated carbocycles. The Hall–Kier alpha value is -0.120. The molecule has 0 heterocycles. The van der Waals surface area contributed by atoms with Crippen molar-refractivity contribution < 1.29 is 5.11 Å². The molecule has 0 aliphatic carbocycles. The maximum atomic E-state index is 9.21. The first-order chi connectivity index (χ1) is 4.27. The molecule has 0 amide bonds. The highest BCUT2D eigenvalue weighted by molar-refractivity contribution is 4.77. The van der Waals surface area contributed by atoms with Crippen LogP contribution >= 0.6 is 0 Å². The third-order valence-corrected chi connectivity index (χ3v) is 1.39. The van der Waals surface area contributed by atoms with Gasteiger partial charge in [-0.15, -0.1) is 0 Å². The Morgan fingerprint density at radius 2 is 1.70 bits per heavy atom. The zero-order chi connectivity index (χ0) is 8.41. The Kier molecular flexibility index (Phi) is 2.83. The number of rotatable bonds is 3. The van der Waals surface area contributed by atoms with E-state index in [9.17, 15) is 5.11 Å². The van der Waals surface area contributed by atoms with Gasteiger partial charge < -0.3 is 16.6 Å². The molecule has 0 fully saturated rings. The molecule has 10 heavy (non-hydrogen) atoms. The molecule has 0 aliphatic heterocycles. The summed E-state index contributed by atoms with van der Waals surface area (Å²) in [5.74, 6) is 0. The van der Waals surface area contributed by atoms with Crippen LogP contribution in [0.4, 0.5) is 0 Å². The molecule has 0 aromatic carbocycles. The fourth-order valence-electron chi connectivity index (χ4n) is 1.04. The first-order valence-corrected chi connectivity index (χ1v) is 3.48. The van der Waals surface area contributed by atoms with Crippen LogP contribution < -0.4 is 11.5 Å². The van der Waals surface area contributed by atoms with Crippen LogP contribution in [0.5, 0.6) is 0 Å². The van der Waals surface area contributed by atoms with E-state index in [2.05, 4.69) is 0 Å². The van der Waals surface area contributed by atoms with E-state index in [-0.39, 0.29) is 5.41 Å². The van der Waals surface area contributed by atoms with Gasteiger partial charge in [0.05, 0.1) is 0 Å². The van der Waals surface area contributed by atoms with Gasteiger partial charge in [0.1, 0.15) is 5.72 Å². The molecule has 0 saturated heterocycles. The van der Waals surface area contributed by atoms with Gasteiger partial charge in [-0.2, -0.15) is 0 Å². The van der Waals surface area contributed by atoms with E-state index in [0.29, 0.717) is 13.0 Å². The average Bonchev–Trinajstić information content (AvgIpc) is 1.60. The average molecular weight is 146 g/mol. The smallest absolute Gasteiger partial charge is 0.111 e. The van der Waals surface area contributed by atoms with E-state index < -0.39 is 5.72 Å². The van der Waals surface area contributed by atoms with Crippen molar-refractivity contribution in [2.24, 2.45) is 16.9 Å². The fourth-order valence-corrected chi connectivity index (χ4v) is 1.04. The van der Waals surface area contributed by atoms with Gasteiger partial charge in [0.2, 0.25) is 0 Å². The summed E-state index contributed by atoms with van der Waals surface area (Å²) in [6, 6.07) is 0. The van der Waals surface area contributed by atoms with Gasteiger partial charge in [0, 0.05) is 0 Å². The van der Waals surface area contributed by atoms with Crippen molar-refractivity contribution in [3.8, 4) is 0 Å². The van der Waals surface area contributed by atoms with E-state index in [0.717, 1.165) is 0 Å². The zero-order valence-corrected chi connectivity index (χ0v) is 7.02. The van der Waals surface area contributed by atoms with Crippen molar-refractivity contribution in [2.45, 2.75) is 32.9 Å². The third kappa shape index (κ3) is 4.73. The lowest BCUT2D eigenvalue weighted by atomic mass is 9.85.